The van der Waals surface area contributed by atoms with E-state index >= 15 is 0 Å². The number of hydrogen-bond acceptors (Lipinski definition) is 2. The van der Waals surface area contributed by atoms with Crippen LogP contribution in [0.5, 0.6) is 0 Å². The molecular weight excluding hydrogens is 351 g/mol. The van der Waals surface area contributed by atoms with E-state index in [0.717, 1.165) is 0 Å². The van der Waals surface area contributed by atoms with Gasteiger partial charge in [-0.05, 0) is 18.6 Å². The van der Waals surface area contributed by atoms with Crippen molar-refractivity contribution in [3.63, 3.8) is 0 Å². The van der Waals surface area contributed by atoms with E-state index in [4.69, 9.17) is 0 Å². The first-order valence-electron chi connectivity index (χ1n) is 6.13. The first kappa shape index (κ1) is 19.3. The van der Waals surface area contributed by atoms with Gasteiger partial charge in [0, 0.05) is 0 Å². The Hall–Kier alpha value is 1.34. The molecule has 0 amide bonds. The Morgan fingerprint density at radius 1 is 1.22 bits per heavy atom. The summed E-state index contributed by atoms with van der Waals surface area (Å²) >= 11 is 1.86. The van der Waals surface area contributed by atoms with Gasteiger partial charge in [-0.3, -0.25) is 11.3 Å². The Bertz CT molecular complexity index is 341. The fourth-order valence-corrected chi connectivity index (χ4v) is 17.7. The van der Waals surface area contributed by atoms with Crippen molar-refractivity contribution in [2.75, 3.05) is 6.54 Å². The Labute approximate surface area is 144 Å². The monoisotopic (exact) mass is 371 g/mol. The maximum atomic E-state index is 3.17. The zero-order chi connectivity index (χ0) is 11.8. The van der Waals surface area contributed by atoms with Gasteiger partial charge in [0.1, 0.15) is 16.5 Å². The van der Waals surface area contributed by atoms with Crippen LogP contribution in [0.3, 0.4) is 0 Å². The molecule has 1 saturated heterocycles. The minimum Gasteiger partial charge on any atom is -1.00 e. The van der Waals surface area contributed by atoms with Gasteiger partial charge in [-0.1, -0.05) is 32.6 Å². The molecule has 0 bridgehead atoms. The minimum absolute atomic E-state index is 0. The van der Waals surface area contributed by atoms with Gasteiger partial charge in [-0.25, -0.2) is 12.1 Å². The maximum absolute atomic E-state index is 3.17. The molecule has 1 aliphatic rings. The second-order valence-corrected chi connectivity index (χ2v) is 16.8. The zero-order valence-corrected chi connectivity index (χ0v) is 17.7. The fraction of sp³-hybridized carbons (Fsp3) is 0.667. The van der Waals surface area contributed by atoms with Gasteiger partial charge in [0.15, 0.2) is 0 Å². The van der Waals surface area contributed by atoms with Crippen molar-refractivity contribution in [1.29, 1.82) is 0 Å². The molecule has 6 heteroatoms. The first-order chi connectivity index (χ1) is 7.42. The van der Waals surface area contributed by atoms with E-state index < -0.39 is 16.5 Å². The number of halogens is 1. The largest absolute Gasteiger partial charge is 2.00 e. The Balaban J connectivity index is 0.00000144. The summed E-state index contributed by atoms with van der Waals surface area (Å²) in [4.78, 5) is 1.50. The molecule has 1 aromatic rings. The second kappa shape index (κ2) is 7.38. The van der Waals surface area contributed by atoms with Crippen molar-refractivity contribution in [2.45, 2.75) is 44.7 Å². The van der Waals surface area contributed by atoms with Crippen molar-refractivity contribution < 1.29 is 17.0 Å². The fourth-order valence-electron chi connectivity index (χ4n) is 2.93. The molecule has 1 aliphatic heterocycles. The van der Waals surface area contributed by atoms with Crippen LogP contribution in [0.2, 0.25) is 38.3 Å². The predicted octanol–water partition coefficient (Wildman–Crippen LogP) is 0.440. The zero-order valence-electron chi connectivity index (χ0n) is 11.9. The summed E-state index contributed by atoms with van der Waals surface area (Å²) in [5, 5.41) is 2.07. The topological polar surface area (TPSA) is 3.24 Å². The summed E-state index contributed by atoms with van der Waals surface area (Å²) in [6, 6.07) is 8.36. The van der Waals surface area contributed by atoms with Crippen LogP contribution in [0, 0.1) is 6.07 Å². The molecule has 0 N–H and O–H groups in total. The van der Waals surface area contributed by atoms with Crippen molar-refractivity contribution in [1.82, 2.24) is 4.23 Å². The molecule has 0 aromatic carbocycles. The molecule has 1 aromatic heterocycles. The molecule has 98 valence electrons. The number of hydrogen-bond donors (Lipinski definition) is 0. The van der Waals surface area contributed by atoms with Crippen molar-refractivity contribution in [3.8, 4) is 0 Å². The average molecular weight is 373 g/mol. The summed E-state index contributed by atoms with van der Waals surface area (Å²) < 4.78 is 2.96. The van der Waals surface area contributed by atoms with Crippen LogP contribution in [0.4, 0.5) is 0 Å². The summed E-state index contributed by atoms with van der Waals surface area (Å²) in [5.74, 6) is 0. The maximum Gasteiger partial charge on any atom is 2.00 e. The molecule has 0 aliphatic carbocycles. The summed E-state index contributed by atoms with van der Waals surface area (Å²) in [6.07, 6.45) is 1.24. The molecule has 18 heavy (non-hydrogen) atoms. The summed E-state index contributed by atoms with van der Waals surface area (Å²) in [6.45, 7) is 11.5. The van der Waals surface area contributed by atoms with E-state index in [2.05, 4.69) is 47.9 Å². The Morgan fingerprint density at radius 3 is 2.22 bits per heavy atom. The third kappa shape index (κ3) is 4.43. The average Bonchev–Trinajstić information content (AvgIpc) is 2.73. The van der Waals surface area contributed by atoms with Gasteiger partial charge < -0.3 is 21.2 Å². The van der Waals surface area contributed by atoms with Crippen molar-refractivity contribution >= 4 is 50.9 Å². The predicted molar refractivity (Wildman–Crippen MR) is 83.9 cm³/mol. The van der Waals surface area contributed by atoms with E-state index in [0.29, 0.717) is 0 Å². The SMILES string of the molecule is C[Si]1(C)CC[Si](C)(C)N1CCc1c[c-]cs1.[Br-].[Mg+2]. The normalized spacial score (nSPS) is 21.1. The number of rotatable bonds is 3. The third-order valence-corrected chi connectivity index (χ3v) is 15.2. The number of thiophene rings is 1. The van der Waals surface area contributed by atoms with Gasteiger partial charge in [0.05, 0.1) is 0 Å². The minimum atomic E-state index is -1.05. The molecule has 1 nitrogen and oxygen atoms in total. The molecule has 0 radical (unpaired) electrons. The van der Waals surface area contributed by atoms with E-state index in [-0.39, 0.29) is 40.0 Å². The quantitative estimate of drug-likeness (QED) is 0.550. The molecular formula is C12H22BrMgNSSi2. The van der Waals surface area contributed by atoms with E-state index in [1.165, 1.54) is 29.9 Å². The Morgan fingerprint density at radius 2 is 1.78 bits per heavy atom. The summed E-state index contributed by atoms with van der Waals surface area (Å²) in [7, 11) is -2.10. The third-order valence-electron chi connectivity index (χ3n) is 3.91. The molecule has 2 rings (SSSR count). The van der Waals surface area contributed by atoms with Crippen LogP contribution in [0.1, 0.15) is 4.88 Å². The van der Waals surface area contributed by atoms with Crippen LogP contribution >= 0.6 is 11.3 Å². The molecule has 0 unspecified atom stereocenters. The van der Waals surface area contributed by atoms with Crippen LogP contribution in [-0.4, -0.2) is 50.3 Å². The second-order valence-electron chi connectivity index (χ2n) is 6.04. The van der Waals surface area contributed by atoms with Gasteiger partial charge in [0.2, 0.25) is 0 Å². The first-order valence-corrected chi connectivity index (χ1v) is 13.3. The molecule has 2 heterocycles. The van der Waals surface area contributed by atoms with Gasteiger partial charge in [-0.2, -0.15) is 0 Å². The molecule has 0 saturated carbocycles. The van der Waals surface area contributed by atoms with Crippen LogP contribution < -0.4 is 17.0 Å². The van der Waals surface area contributed by atoms with E-state index in [9.17, 15) is 0 Å². The van der Waals surface area contributed by atoms with Crippen LogP contribution in [-0.2, 0) is 6.42 Å². The van der Waals surface area contributed by atoms with Crippen LogP contribution in [0.25, 0.3) is 0 Å². The smallest absolute Gasteiger partial charge is 1.00 e. The van der Waals surface area contributed by atoms with E-state index in [1.54, 1.807) is 0 Å². The van der Waals surface area contributed by atoms with Gasteiger partial charge in [0.25, 0.3) is 0 Å². The van der Waals surface area contributed by atoms with Gasteiger partial charge >= 0.3 is 23.1 Å². The van der Waals surface area contributed by atoms with Crippen molar-refractivity contribution in [2.24, 2.45) is 0 Å². The van der Waals surface area contributed by atoms with Crippen LogP contribution in [0.15, 0.2) is 11.4 Å². The van der Waals surface area contributed by atoms with Crippen molar-refractivity contribution in [3.05, 3.63) is 22.4 Å². The molecule has 1 fully saturated rings. The molecule has 0 spiro atoms. The standard InChI is InChI=1S/C12H22NSSi2.BrH.Mg/c1-15(2)10-11-16(3,4)13(15)8-7-12-6-5-9-14-12;;/h6,9H,7-8,10-11H2,1-4H3;1H;/q-1;;+2/p-1. The molecule has 0 atom stereocenters. The van der Waals surface area contributed by atoms with Gasteiger partial charge in [-0.15, -0.1) is 10.3 Å². The Kier molecular flexibility index (Phi) is 7.93. The summed E-state index contributed by atoms with van der Waals surface area (Å²) in [5.41, 5.74) is 0. The number of nitrogens with zero attached hydrogens (tertiary/aromatic N) is 1. The van der Waals surface area contributed by atoms with E-state index in [1.807, 2.05) is 11.3 Å².